The Morgan fingerprint density at radius 2 is 1.07 bits per heavy atom. The molecule has 0 saturated heterocycles. The van der Waals surface area contributed by atoms with E-state index in [-0.39, 0.29) is 6.42 Å². The molecule has 0 aromatic heterocycles. The van der Waals surface area contributed by atoms with Crippen molar-refractivity contribution in [3.63, 3.8) is 0 Å². The Kier molecular flexibility index (Phi) is 29.5. The van der Waals surface area contributed by atoms with Crippen molar-refractivity contribution in [1.29, 1.82) is 0 Å². The van der Waals surface area contributed by atoms with Crippen LogP contribution >= 0.6 is 7.82 Å². The third kappa shape index (κ3) is 24.1. The molecular weight excluding hydrogens is 729 g/mol. The zero-order valence-corrected chi connectivity index (χ0v) is 34.5. The zero-order valence-electron chi connectivity index (χ0n) is 33.6. The third-order valence-electron chi connectivity index (χ3n) is 9.96. The fraction of sp³-hybridized carbons (Fsp3) is 0.829. The van der Waals surface area contributed by atoms with Crippen LogP contribution in [-0.2, 0) is 18.4 Å². The fourth-order valence-electron chi connectivity index (χ4n) is 6.45. The highest BCUT2D eigenvalue weighted by Crippen LogP contribution is 2.47. The maximum absolute atomic E-state index is 12.9. The summed E-state index contributed by atoms with van der Waals surface area (Å²) in [6.07, 6.45) is 19.7. The van der Waals surface area contributed by atoms with E-state index < -0.39 is 75.2 Å². The number of carbonyl (C=O) groups excluding carboxylic acids is 1. The van der Waals surface area contributed by atoms with Crippen LogP contribution in [-0.4, -0.2) is 108 Å². The minimum atomic E-state index is -5.14. The fourth-order valence-corrected chi connectivity index (χ4v) is 7.41. The third-order valence-corrected chi connectivity index (χ3v) is 10.9. The van der Waals surface area contributed by atoms with Gasteiger partial charge in [-0.2, -0.15) is 0 Å². The van der Waals surface area contributed by atoms with Gasteiger partial charge < -0.3 is 46.0 Å². The average molecular weight is 806 g/mol. The van der Waals surface area contributed by atoms with E-state index in [0.29, 0.717) is 19.3 Å². The maximum atomic E-state index is 12.9. The van der Waals surface area contributed by atoms with Crippen molar-refractivity contribution >= 4 is 13.7 Å². The Morgan fingerprint density at radius 1 is 0.636 bits per heavy atom. The highest BCUT2D eigenvalue weighted by molar-refractivity contribution is 7.47. The summed E-state index contributed by atoms with van der Waals surface area (Å²) in [5.41, 5.74) is 0. The Morgan fingerprint density at radius 3 is 1.60 bits per heavy atom. The lowest BCUT2D eigenvalue weighted by Crippen LogP contribution is -2.64. The smallest absolute Gasteiger partial charge is 0.393 e. The van der Waals surface area contributed by atoms with Gasteiger partial charge in [-0.1, -0.05) is 140 Å². The number of nitrogens with one attached hydrogen (secondary N) is 1. The normalized spacial score (nSPS) is 24.8. The molecule has 0 radical (unpaired) electrons. The first-order valence-electron chi connectivity index (χ1n) is 21.0. The van der Waals surface area contributed by atoms with Crippen molar-refractivity contribution in [2.24, 2.45) is 0 Å². The zero-order chi connectivity index (χ0) is 40.9. The predicted octanol–water partition coefficient (Wildman–Crippen LogP) is 5.80. The molecule has 0 aromatic carbocycles. The van der Waals surface area contributed by atoms with Gasteiger partial charge in [-0.25, -0.2) is 4.57 Å². The van der Waals surface area contributed by atoms with Gasteiger partial charge in [0.15, 0.2) is 0 Å². The summed E-state index contributed by atoms with van der Waals surface area (Å²) in [5, 5.41) is 74.1. The minimum Gasteiger partial charge on any atom is -0.393 e. The van der Waals surface area contributed by atoms with Crippen LogP contribution in [0.5, 0.6) is 0 Å². The summed E-state index contributed by atoms with van der Waals surface area (Å²) < 4.78 is 22.8. The van der Waals surface area contributed by atoms with Crippen LogP contribution in [0.25, 0.3) is 0 Å². The van der Waals surface area contributed by atoms with Gasteiger partial charge in [-0.3, -0.25) is 13.8 Å². The second-order valence-electron chi connectivity index (χ2n) is 15.0. The molecular formula is C41H76NO12P. The minimum absolute atomic E-state index is 0.255. The summed E-state index contributed by atoms with van der Waals surface area (Å²) >= 11 is 0. The van der Waals surface area contributed by atoms with Crippen molar-refractivity contribution in [2.75, 3.05) is 6.61 Å². The Bertz CT molecular complexity index is 1090. The monoisotopic (exact) mass is 806 g/mol. The van der Waals surface area contributed by atoms with Crippen LogP contribution in [0.3, 0.4) is 0 Å². The molecule has 0 bridgehead atoms. The van der Waals surface area contributed by atoms with Gasteiger partial charge >= 0.3 is 7.82 Å². The van der Waals surface area contributed by atoms with Gasteiger partial charge in [-0.05, 0) is 44.9 Å². The highest BCUT2D eigenvalue weighted by atomic mass is 31.2. The first-order chi connectivity index (χ1) is 26.3. The molecule has 1 fully saturated rings. The molecule has 13 nitrogen and oxygen atoms in total. The molecule has 0 aliphatic heterocycles. The molecule has 0 spiro atoms. The Balaban J connectivity index is 2.67. The number of carbonyl (C=O) groups is 1. The van der Waals surface area contributed by atoms with Gasteiger partial charge in [0.25, 0.3) is 0 Å². The van der Waals surface area contributed by atoms with Crippen molar-refractivity contribution in [3.05, 3.63) is 36.5 Å². The summed E-state index contributed by atoms with van der Waals surface area (Å²) in [4.78, 5) is 23.3. The first-order valence-corrected chi connectivity index (χ1v) is 22.5. The number of phosphoric ester groups is 1. The van der Waals surface area contributed by atoms with E-state index in [0.717, 1.165) is 44.9 Å². The molecule has 14 heteroatoms. The topological polar surface area (TPSA) is 226 Å². The molecule has 1 aliphatic carbocycles. The lowest BCUT2D eigenvalue weighted by molar-refractivity contribution is -0.220. The Labute approximate surface area is 330 Å². The molecule has 1 saturated carbocycles. The number of allylic oxidation sites excluding steroid dienone is 5. The molecule has 1 aliphatic rings. The van der Waals surface area contributed by atoms with E-state index >= 15 is 0 Å². The number of aliphatic hydroxyl groups excluding tert-OH is 7. The summed E-state index contributed by atoms with van der Waals surface area (Å²) in [5.74, 6) is -0.610. The molecule has 0 aromatic rings. The SMILES string of the molecule is CCCCCCC/C=C/CC/C=C/CC/C=C/C(O)C(COP(=O)(O)OC1C(O)C(O)C(O)C(O)C1O)NC(=O)CC(O)CCCCCCCCCCCC. The second kappa shape index (κ2) is 31.5. The van der Waals surface area contributed by atoms with E-state index in [1.165, 1.54) is 76.7 Å². The van der Waals surface area contributed by atoms with E-state index in [1.807, 2.05) is 6.08 Å². The largest absolute Gasteiger partial charge is 0.472 e. The maximum Gasteiger partial charge on any atom is 0.472 e. The average Bonchev–Trinajstić information content (AvgIpc) is 3.15. The molecule has 55 heavy (non-hydrogen) atoms. The number of amides is 1. The van der Waals surface area contributed by atoms with E-state index in [9.17, 15) is 50.0 Å². The predicted molar refractivity (Wildman–Crippen MR) is 215 cm³/mol. The molecule has 8 unspecified atom stereocenters. The molecule has 1 rings (SSSR count). The van der Waals surface area contributed by atoms with Crippen LogP contribution in [0.15, 0.2) is 36.5 Å². The van der Waals surface area contributed by atoms with Crippen LogP contribution in [0.1, 0.15) is 155 Å². The quantitative estimate of drug-likeness (QED) is 0.0218. The lowest BCUT2D eigenvalue weighted by atomic mass is 9.85. The number of aliphatic hydroxyl groups is 7. The number of unbranched alkanes of at least 4 members (excludes halogenated alkanes) is 16. The van der Waals surface area contributed by atoms with Gasteiger partial charge in [-0.15, -0.1) is 0 Å². The van der Waals surface area contributed by atoms with Crippen LogP contribution < -0.4 is 5.32 Å². The standard InChI is InChI=1S/C41H76NO12P/c1-3-5-7-9-11-13-15-16-17-18-19-21-23-25-27-29-34(44)33(31-53-55(51,52)54-41-39(49)37(47)36(46)38(48)40(41)50)42-35(45)30-32(43)28-26-24-22-20-14-12-10-8-6-4-2/h15-16,19,21,27,29,32-34,36-41,43-44,46-50H,3-14,17-18,20,22-26,28,30-31H2,1-2H3,(H,42,45)(H,51,52)/b16-15+,21-19+,29-27+. The first kappa shape index (κ1) is 51.5. The highest BCUT2D eigenvalue weighted by Gasteiger charge is 2.51. The molecule has 8 atom stereocenters. The van der Waals surface area contributed by atoms with Gasteiger partial charge in [0.05, 0.1) is 31.3 Å². The van der Waals surface area contributed by atoms with E-state index in [1.54, 1.807) is 6.08 Å². The van der Waals surface area contributed by atoms with Gasteiger partial charge in [0, 0.05) is 0 Å². The number of hydrogen-bond donors (Lipinski definition) is 9. The number of hydrogen-bond acceptors (Lipinski definition) is 11. The van der Waals surface area contributed by atoms with Crippen molar-refractivity contribution in [1.82, 2.24) is 5.32 Å². The number of rotatable bonds is 33. The second-order valence-corrected chi connectivity index (χ2v) is 16.4. The Hall–Kier alpha value is -1.48. The summed E-state index contributed by atoms with van der Waals surface area (Å²) in [6.45, 7) is 3.66. The van der Waals surface area contributed by atoms with Crippen molar-refractivity contribution < 1.29 is 59.0 Å². The van der Waals surface area contributed by atoms with Gasteiger partial charge in [0.2, 0.25) is 5.91 Å². The van der Waals surface area contributed by atoms with Gasteiger partial charge in [0.1, 0.15) is 36.6 Å². The van der Waals surface area contributed by atoms with Crippen LogP contribution in [0.4, 0.5) is 0 Å². The molecule has 9 N–H and O–H groups in total. The van der Waals surface area contributed by atoms with Crippen molar-refractivity contribution in [3.8, 4) is 0 Å². The van der Waals surface area contributed by atoms with Crippen molar-refractivity contribution in [2.45, 2.75) is 210 Å². The molecule has 0 heterocycles. The molecule has 322 valence electrons. The molecule has 1 amide bonds. The summed E-state index contributed by atoms with van der Waals surface area (Å²) in [6, 6.07) is -1.26. The lowest BCUT2D eigenvalue weighted by Gasteiger charge is -2.41. The van der Waals surface area contributed by atoms with E-state index in [2.05, 4.69) is 37.4 Å². The van der Waals surface area contributed by atoms with E-state index in [4.69, 9.17) is 9.05 Å². The number of phosphoric acid groups is 1. The van der Waals surface area contributed by atoms with Crippen LogP contribution in [0.2, 0.25) is 0 Å². The summed E-state index contributed by atoms with van der Waals surface area (Å²) in [7, 11) is -5.14. The van der Waals surface area contributed by atoms with Crippen LogP contribution in [0, 0.1) is 0 Å².